The molecule has 1 fully saturated rings. The van der Waals surface area contributed by atoms with E-state index in [1.807, 2.05) is 59.5 Å². The summed E-state index contributed by atoms with van der Waals surface area (Å²) in [7, 11) is 1.62. The molecule has 0 bridgehead atoms. The molecule has 0 unspecified atom stereocenters. The van der Waals surface area contributed by atoms with Gasteiger partial charge >= 0.3 is 5.97 Å². The zero-order chi connectivity index (χ0) is 30.2. The Kier molecular flexibility index (Phi) is 9.41. The standard InChI is InChI=1S/C33H33ClN4O5/c1-42-29-10-6-5-9-24(29)20-35-31(41)33(19-23-7-3-2-4-8-23)15-17-38(18-16-33)32-36-21-27(30(39)40)28(37-32)22-43-26-13-11-25(34)12-14-26/h2-14,21H,15-20,22H2,1H3,(H,35,41)(H,39,40). The fourth-order valence-electron chi connectivity index (χ4n) is 5.35. The van der Waals surface area contributed by atoms with Crippen molar-refractivity contribution in [2.75, 3.05) is 25.1 Å². The van der Waals surface area contributed by atoms with Gasteiger partial charge in [-0.1, -0.05) is 60.1 Å². The second-order valence-electron chi connectivity index (χ2n) is 10.5. The molecule has 1 amide bonds. The lowest BCUT2D eigenvalue weighted by Crippen LogP contribution is -2.50. The average Bonchev–Trinajstić information content (AvgIpc) is 3.04. The van der Waals surface area contributed by atoms with Crippen LogP contribution in [0.3, 0.4) is 0 Å². The highest BCUT2D eigenvalue weighted by Gasteiger charge is 2.42. The fraction of sp³-hybridized carbons (Fsp3) is 0.273. The third-order valence-corrected chi connectivity index (χ3v) is 8.03. The van der Waals surface area contributed by atoms with Crippen LogP contribution in [0.4, 0.5) is 5.95 Å². The van der Waals surface area contributed by atoms with Crippen molar-refractivity contribution in [3.63, 3.8) is 0 Å². The summed E-state index contributed by atoms with van der Waals surface area (Å²) in [6.07, 6.45) is 3.05. The molecule has 43 heavy (non-hydrogen) atoms. The van der Waals surface area contributed by atoms with Gasteiger partial charge in [-0.3, -0.25) is 4.79 Å². The highest BCUT2D eigenvalue weighted by atomic mass is 35.5. The van der Waals surface area contributed by atoms with Crippen LogP contribution in [0.25, 0.3) is 0 Å². The van der Waals surface area contributed by atoms with Gasteiger partial charge in [0, 0.05) is 36.4 Å². The Morgan fingerprint density at radius 1 is 1.00 bits per heavy atom. The molecule has 1 aromatic heterocycles. The number of rotatable bonds is 11. The number of nitrogens with one attached hydrogen (secondary N) is 1. The molecule has 1 aliphatic rings. The Morgan fingerprint density at radius 3 is 2.40 bits per heavy atom. The number of carboxylic acids is 1. The fourth-order valence-corrected chi connectivity index (χ4v) is 5.47. The van der Waals surface area contributed by atoms with Crippen molar-refractivity contribution in [3.8, 4) is 11.5 Å². The summed E-state index contributed by atoms with van der Waals surface area (Å²) in [6.45, 7) is 1.37. The normalized spacial score (nSPS) is 14.1. The smallest absolute Gasteiger partial charge is 0.339 e. The monoisotopic (exact) mass is 600 g/mol. The Hall–Kier alpha value is -4.63. The third kappa shape index (κ3) is 7.24. The van der Waals surface area contributed by atoms with Gasteiger partial charge in [0.05, 0.1) is 18.2 Å². The number of piperidine rings is 1. The van der Waals surface area contributed by atoms with Crippen LogP contribution in [0.2, 0.25) is 5.02 Å². The third-order valence-electron chi connectivity index (χ3n) is 7.78. The largest absolute Gasteiger partial charge is 0.496 e. The molecule has 0 saturated carbocycles. The van der Waals surface area contributed by atoms with Crippen molar-refractivity contribution in [3.05, 3.63) is 112 Å². The number of ether oxygens (including phenoxy) is 2. The van der Waals surface area contributed by atoms with Crippen molar-refractivity contribution in [1.82, 2.24) is 15.3 Å². The predicted molar refractivity (Wildman–Crippen MR) is 164 cm³/mol. The Balaban J connectivity index is 1.33. The van der Waals surface area contributed by atoms with Gasteiger partial charge in [-0.2, -0.15) is 0 Å². The zero-order valence-electron chi connectivity index (χ0n) is 23.8. The minimum atomic E-state index is -1.13. The van der Waals surface area contributed by atoms with Crippen LogP contribution in [-0.2, 0) is 24.4 Å². The number of amides is 1. The topological polar surface area (TPSA) is 114 Å². The Labute approximate surface area is 255 Å². The number of aromatic carboxylic acids is 1. The summed E-state index contributed by atoms with van der Waals surface area (Å²) in [5.41, 5.74) is 1.60. The molecule has 2 heterocycles. The lowest BCUT2D eigenvalue weighted by Gasteiger charge is -2.41. The van der Waals surface area contributed by atoms with Gasteiger partial charge < -0.3 is 24.8 Å². The van der Waals surface area contributed by atoms with E-state index in [0.29, 0.717) is 55.6 Å². The number of benzene rings is 3. The second kappa shape index (κ2) is 13.6. The number of carbonyl (C=O) groups is 2. The highest BCUT2D eigenvalue weighted by molar-refractivity contribution is 6.30. The molecule has 5 rings (SSSR count). The molecule has 3 aromatic carbocycles. The summed E-state index contributed by atoms with van der Waals surface area (Å²) in [6, 6.07) is 24.5. The number of para-hydroxylation sites is 1. The molecule has 2 N–H and O–H groups in total. The number of methoxy groups -OCH3 is 1. The first-order chi connectivity index (χ1) is 20.9. The molecule has 4 aromatic rings. The first-order valence-electron chi connectivity index (χ1n) is 14.0. The zero-order valence-corrected chi connectivity index (χ0v) is 24.6. The van der Waals surface area contributed by atoms with Crippen LogP contribution in [0, 0.1) is 5.41 Å². The number of aromatic nitrogens is 2. The summed E-state index contributed by atoms with van der Waals surface area (Å²) in [5, 5.41) is 13.5. The number of hydrogen-bond acceptors (Lipinski definition) is 7. The van der Waals surface area contributed by atoms with Crippen LogP contribution in [-0.4, -0.2) is 47.2 Å². The molecule has 0 spiro atoms. The van der Waals surface area contributed by atoms with E-state index in [0.717, 1.165) is 16.9 Å². The number of hydrogen-bond donors (Lipinski definition) is 2. The van der Waals surface area contributed by atoms with Crippen LogP contribution in [0.5, 0.6) is 11.5 Å². The van der Waals surface area contributed by atoms with Crippen LogP contribution in [0.15, 0.2) is 85.1 Å². The van der Waals surface area contributed by atoms with E-state index in [2.05, 4.69) is 15.3 Å². The van der Waals surface area contributed by atoms with Crippen molar-refractivity contribution in [2.45, 2.75) is 32.4 Å². The van der Waals surface area contributed by atoms with Crippen molar-refractivity contribution >= 4 is 29.4 Å². The van der Waals surface area contributed by atoms with E-state index in [4.69, 9.17) is 21.1 Å². The van der Waals surface area contributed by atoms with Gasteiger partial charge in [-0.25, -0.2) is 14.8 Å². The number of nitrogens with zero attached hydrogens (tertiary/aromatic N) is 3. The molecular weight excluding hydrogens is 568 g/mol. The molecular formula is C33H33ClN4O5. The highest BCUT2D eigenvalue weighted by Crippen LogP contribution is 2.37. The second-order valence-corrected chi connectivity index (χ2v) is 10.9. The lowest BCUT2D eigenvalue weighted by molar-refractivity contribution is -0.132. The molecule has 9 nitrogen and oxygen atoms in total. The number of carboxylic acid groups (broad SMARTS) is 1. The van der Waals surface area contributed by atoms with Crippen LogP contribution >= 0.6 is 11.6 Å². The van der Waals surface area contributed by atoms with E-state index in [9.17, 15) is 14.7 Å². The number of carbonyl (C=O) groups excluding carboxylic acids is 1. The minimum absolute atomic E-state index is 0.0129. The molecule has 0 atom stereocenters. The van der Waals surface area contributed by atoms with E-state index in [1.165, 1.54) is 6.20 Å². The van der Waals surface area contributed by atoms with Gasteiger partial charge in [0.25, 0.3) is 0 Å². The van der Waals surface area contributed by atoms with Crippen LogP contribution < -0.4 is 19.7 Å². The van der Waals surface area contributed by atoms with Gasteiger partial charge in [-0.15, -0.1) is 0 Å². The minimum Gasteiger partial charge on any atom is -0.496 e. The Bertz CT molecular complexity index is 1560. The first kappa shape index (κ1) is 29.8. The number of anilines is 1. The number of halogens is 1. The quantitative estimate of drug-likeness (QED) is 0.230. The summed E-state index contributed by atoms with van der Waals surface area (Å²) < 4.78 is 11.3. The maximum absolute atomic E-state index is 13.9. The van der Waals surface area contributed by atoms with Gasteiger partial charge in [0.2, 0.25) is 11.9 Å². The van der Waals surface area contributed by atoms with E-state index in [-0.39, 0.29) is 23.8 Å². The summed E-state index contributed by atoms with van der Waals surface area (Å²) >= 11 is 5.96. The lowest BCUT2D eigenvalue weighted by atomic mass is 9.73. The predicted octanol–water partition coefficient (Wildman–Crippen LogP) is 5.56. The van der Waals surface area contributed by atoms with Gasteiger partial charge in [-0.05, 0) is 55.2 Å². The van der Waals surface area contributed by atoms with Crippen LogP contribution in [0.1, 0.15) is 40.0 Å². The Morgan fingerprint density at radius 2 is 1.70 bits per heavy atom. The van der Waals surface area contributed by atoms with E-state index < -0.39 is 11.4 Å². The van der Waals surface area contributed by atoms with E-state index in [1.54, 1.807) is 31.4 Å². The molecule has 0 radical (unpaired) electrons. The molecule has 1 saturated heterocycles. The summed E-state index contributed by atoms with van der Waals surface area (Å²) in [4.78, 5) is 36.7. The molecule has 0 aliphatic carbocycles. The SMILES string of the molecule is COc1ccccc1CNC(=O)C1(Cc2ccccc2)CCN(c2ncc(C(=O)O)c(COc3ccc(Cl)cc3)n2)CC1. The van der Waals surface area contributed by atoms with Crippen molar-refractivity contribution in [1.29, 1.82) is 0 Å². The van der Waals surface area contributed by atoms with Crippen molar-refractivity contribution in [2.24, 2.45) is 5.41 Å². The maximum Gasteiger partial charge on any atom is 0.339 e. The maximum atomic E-state index is 13.9. The van der Waals surface area contributed by atoms with Gasteiger partial charge in [0.1, 0.15) is 23.7 Å². The van der Waals surface area contributed by atoms with E-state index >= 15 is 0 Å². The average molecular weight is 601 g/mol. The summed E-state index contributed by atoms with van der Waals surface area (Å²) in [5.74, 6) is 0.535. The van der Waals surface area contributed by atoms with Crippen molar-refractivity contribution < 1.29 is 24.2 Å². The molecule has 222 valence electrons. The molecule has 1 aliphatic heterocycles. The van der Waals surface area contributed by atoms with Gasteiger partial charge in [0.15, 0.2) is 0 Å². The molecule has 10 heteroatoms. The first-order valence-corrected chi connectivity index (χ1v) is 14.4.